The zero-order valence-electron chi connectivity index (χ0n) is 11.0. The summed E-state index contributed by atoms with van der Waals surface area (Å²) in [5, 5.41) is 0.762. The minimum atomic E-state index is 0.452. The van der Waals surface area contributed by atoms with E-state index in [1.165, 1.54) is 0 Å². The fourth-order valence-corrected chi connectivity index (χ4v) is 2.34. The summed E-state index contributed by atoms with van der Waals surface area (Å²) in [5.41, 5.74) is 7.85. The van der Waals surface area contributed by atoms with Gasteiger partial charge in [0.1, 0.15) is 5.82 Å². The molecule has 0 aliphatic rings. The number of nitrogens with zero attached hydrogens (tertiary/aromatic N) is 2. The Morgan fingerprint density at radius 2 is 2.22 bits per heavy atom. The van der Waals surface area contributed by atoms with Gasteiger partial charge in [0.05, 0.1) is 11.0 Å². The molecule has 0 spiro atoms. The SMILES string of the molecule is CCCn1c(CC(C)CN)nc2ccc(Cl)cc21. The third-order valence-corrected chi connectivity index (χ3v) is 3.41. The third kappa shape index (κ3) is 2.68. The Balaban J connectivity index is 2.47. The molecule has 2 aromatic rings. The molecule has 0 radical (unpaired) electrons. The van der Waals surface area contributed by atoms with Gasteiger partial charge >= 0.3 is 0 Å². The van der Waals surface area contributed by atoms with Crippen LogP contribution in [0.3, 0.4) is 0 Å². The van der Waals surface area contributed by atoms with Gasteiger partial charge in [0.25, 0.3) is 0 Å². The van der Waals surface area contributed by atoms with Gasteiger partial charge in [-0.05, 0) is 37.1 Å². The van der Waals surface area contributed by atoms with Crippen LogP contribution < -0.4 is 5.73 Å². The molecule has 98 valence electrons. The van der Waals surface area contributed by atoms with Crippen LogP contribution in [-0.2, 0) is 13.0 Å². The monoisotopic (exact) mass is 265 g/mol. The Morgan fingerprint density at radius 1 is 1.44 bits per heavy atom. The van der Waals surface area contributed by atoms with Gasteiger partial charge in [0, 0.05) is 18.0 Å². The van der Waals surface area contributed by atoms with Gasteiger partial charge in [-0.3, -0.25) is 0 Å². The van der Waals surface area contributed by atoms with Crippen LogP contribution in [0.2, 0.25) is 5.02 Å². The lowest BCUT2D eigenvalue weighted by Crippen LogP contribution is -2.16. The lowest BCUT2D eigenvalue weighted by molar-refractivity contribution is 0.544. The molecule has 2 rings (SSSR count). The number of rotatable bonds is 5. The van der Waals surface area contributed by atoms with Gasteiger partial charge in [0.15, 0.2) is 0 Å². The van der Waals surface area contributed by atoms with E-state index in [0.717, 1.165) is 41.3 Å². The number of aryl methyl sites for hydroxylation is 1. The molecule has 1 aromatic heterocycles. The average molecular weight is 266 g/mol. The first-order valence-electron chi connectivity index (χ1n) is 6.50. The first-order valence-corrected chi connectivity index (χ1v) is 6.88. The van der Waals surface area contributed by atoms with Crippen molar-refractivity contribution in [1.82, 2.24) is 9.55 Å². The molecule has 18 heavy (non-hydrogen) atoms. The van der Waals surface area contributed by atoms with Crippen LogP contribution in [0.5, 0.6) is 0 Å². The van der Waals surface area contributed by atoms with E-state index in [0.29, 0.717) is 12.5 Å². The Bertz CT molecular complexity index is 533. The molecular formula is C14H20ClN3. The Kier molecular flexibility index (Phi) is 4.25. The van der Waals surface area contributed by atoms with Crippen LogP contribution in [0.1, 0.15) is 26.1 Å². The molecule has 1 unspecified atom stereocenters. The summed E-state index contributed by atoms with van der Waals surface area (Å²) in [7, 11) is 0. The van der Waals surface area contributed by atoms with Crippen molar-refractivity contribution in [1.29, 1.82) is 0 Å². The summed E-state index contributed by atoms with van der Waals surface area (Å²) in [6.07, 6.45) is 2.00. The van der Waals surface area contributed by atoms with Crippen LogP contribution >= 0.6 is 11.6 Å². The largest absolute Gasteiger partial charge is 0.330 e. The lowest BCUT2D eigenvalue weighted by atomic mass is 10.1. The number of fused-ring (bicyclic) bond motifs is 1. The zero-order valence-corrected chi connectivity index (χ0v) is 11.7. The Morgan fingerprint density at radius 3 is 2.89 bits per heavy atom. The summed E-state index contributed by atoms with van der Waals surface area (Å²) >= 11 is 6.07. The second kappa shape index (κ2) is 5.72. The molecule has 1 heterocycles. The van der Waals surface area contributed by atoms with E-state index < -0.39 is 0 Å². The molecule has 0 saturated carbocycles. The van der Waals surface area contributed by atoms with Crippen molar-refractivity contribution in [2.45, 2.75) is 33.2 Å². The Hall–Kier alpha value is -1.06. The summed E-state index contributed by atoms with van der Waals surface area (Å²) in [6, 6.07) is 5.87. The first-order chi connectivity index (χ1) is 8.65. The highest BCUT2D eigenvalue weighted by molar-refractivity contribution is 6.31. The van der Waals surface area contributed by atoms with Crippen molar-refractivity contribution in [3.8, 4) is 0 Å². The molecule has 1 atom stereocenters. The highest BCUT2D eigenvalue weighted by Crippen LogP contribution is 2.22. The molecular weight excluding hydrogens is 246 g/mol. The van der Waals surface area contributed by atoms with E-state index in [1.807, 2.05) is 18.2 Å². The van der Waals surface area contributed by atoms with Crippen molar-refractivity contribution >= 4 is 22.6 Å². The number of halogens is 1. The molecule has 0 aliphatic carbocycles. The second-order valence-corrected chi connectivity index (χ2v) is 5.29. The third-order valence-electron chi connectivity index (χ3n) is 3.17. The van der Waals surface area contributed by atoms with Gasteiger partial charge in [-0.1, -0.05) is 25.4 Å². The highest BCUT2D eigenvalue weighted by Gasteiger charge is 2.12. The number of aromatic nitrogens is 2. The molecule has 3 nitrogen and oxygen atoms in total. The van der Waals surface area contributed by atoms with Gasteiger partial charge in [-0.15, -0.1) is 0 Å². The molecule has 0 amide bonds. The standard InChI is InChI=1S/C14H20ClN3/c1-3-6-18-13-8-11(15)4-5-12(13)17-14(18)7-10(2)9-16/h4-5,8,10H,3,6-7,9,16H2,1-2H3. The number of imidazole rings is 1. The van der Waals surface area contributed by atoms with Gasteiger partial charge in [0.2, 0.25) is 0 Å². The van der Waals surface area contributed by atoms with Crippen LogP contribution in [0.25, 0.3) is 11.0 Å². The van der Waals surface area contributed by atoms with Crippen LogP contribution in [0.15, 0.2) is 18.2 Å². The summed E-state index contributed by atoms with van der Waals surface area (Å²) in [4.78, 5) is 4.71. The van der Waals surface area contributed by atoms with E-state index in [2.05, 4.69) is 18.4 Å². The predicted octanol–water partition coefficient (Wildman–Crippen LogP) is 3.24. The quantitative estimate of drug-likeness (QED) is 0.902. The summed E-state index contributed by atoms with van der Waals surface area (Å²) < 4.78 is 2.27. The minimum Gasteiger partial charge on any atom is -0.330 e. The van der Waals surface area contributed by atoms with E-state index >= 15 is 0 Å². The van der Waals surface area contributed by atoms with Crippen molar-refractivity contribution in [2.75, 3.05) is 6.54 Å². The molecule has 0 aliphatic heterocycles. The molecule has 4 heteroatoms. The van der Waals surface area contributed by atoms with Crippen molar-refractivity contribution in [2.24, 2.45) is 11.7 Å². The van der Waals surface area contributed by atoms with E-state index in [4.69, 9.17) is 22.3 Å². The molecule has 1 aromatic carbocycles. The highest BCUT2D eigenvalue weighted by atomic mass is 35.5. The molecule has 0 fully saturated rings. The van der Waals surface area contributed by atoms with Crippen LogP contribution in [0, 0.1) is 5.92 Å². The number of benzene rings is 1. The maximum atomic E-state index is 6.07. The predicted molar refractivity (Wildman–Crippen MR) is 77.0 cm³/mol. The molecule has 2 N–H and O–H groups in total. The zero-order chi connectivity index (χ0) is 13.1. The first kappa shape index (κ1) is 13.4. The normalized spacial score (nSPS) is 13.1. The van der Waals surface area contributed by atoms with E-state index in [9.17, 15) is 0 Å². The maximum absolute atomic E-state index is 6.07. The molecule has 0 saturated heterocycles. The van der Waals surface area contributed by atoms with E-state index in [1.54, 1.807) is 0 Å². The average Bonchev–Trinajstić information content (AvgIpc) is 2.68. The smallest absolute Gasteiger partial charge is 0.110 e. The fraction of sp³-hybridized carbons (Fsp3) is 0.500. The minimum absolute atomic E-state index is 0.452. The number of hydrogen-bond acceptors (Lipinski definition) is 2. The fourth-order valence-electron chi connectivity index (χ4n) is 2.17. The van der Waals surface area contributed by atoms with Gasteiger partial charge < -0.3 is 10.3 Å². The molecule has 0 bridgehead atoms. The van der Waals surface area contributed by atoms with Crippen LogP contribution in [0.4, 0.5) is 0 Å². The lowest BCUT2D eigenvalue weighted by Gasteiger charge is -2.11. The second-order valence-electron chi connectivity index (χ2n) is 4.86. The Labute approximate surface area is 113 Å². The van der Waals surface area contributed by atoms with Gasteiger partial charge in [-0.25, -0.2) is 4.98 Å². The topological polar surface area (TPSA) is 43.8 Å². The van der Waals surface area contributed by atoms with Crippen LogP contribution in [-0.4, -0.2) is 16.1 Å². The number of hydrogen-bond donors (Lipinski definition) is 1. The van der Waals surface area contributed by atoms with E-state index in [-0.39, 0.29) is 0 Å². The maximum Gasteiger partial charge on any atom is 0.110 e. The summed E-state index contributed by atoms with van der Waals surface area (Å²) in [6.45, 7) is 5.99. The summed E-state index contributed by atoms with van der Waals surface area (Å²) in [5.74, 6) is 1.57. The number of nitrogens with two attached hydrogens (primary N) is 1. The van der Waals surface area contributed by atoms with Gasteiger partial charge in [-0.2, -0.15) is 0 Å². The van der Waals surface area contributed by atoms with Crippen molar-refractivity contribution in [3.63, 3.8) is 0 Å². The van der Waals surface area contributed by atoms with Crippen molar-refractivity contribution < 1.29 is 0 Å². The van der Waals surface area contributed by atoms with Crippen molar-refractivity contribution in [3.05, 3.63) is 29.0 Å².